The van der Waals surface area contributed by atoms with Gasteiger partial charge in [0.1, 0.15) is 11.5 Å². The first-order valence-corrected chi connectivity index (χ1v) is 6.79. The number of hydrogen-bond acceptors (Lipinski definition) is 3. The summed E-state index contributed by atoms with van der Waals surface area (Å²) in [6.07, 6.45) is 1.38. The van der Waals surface area contributed by atoms with Gasteiger partial charge in [-0.2, -0.15) is 0 Å². The highest BCUT2D eigenvalue weighted by molar-refractivity contribution is 6.05. The van der Waals surface area contributed by atoms with E-state index in [9.17, 15) is 18.8 Å². The molecule has 0 spiro atoms. The highest BCUT2D eigenvalue weighted by Crippen LogP contribution is 2.11. The third-order valence-electron chi connectivity index (χ3n) is 3.20. The van der Waals surface area contributed by atoms with Gasteiger partial charge in [-0.1, -0.05) is 12.1 Å². The van der Waals surface area contributed by atoms with Crippen LogP contribution in [0.4, 0.5) is 10.1 Å². The van der Waals surface area contributed by atoms with E-state index in [0.717, 1.165) is 6.07 Å². The molecule has 7 heteroatoms. The van der Waals surface area contributed by atoms with Crippen LogP contribution in [0.5, 0.6) is 0 Å². The smallest absolute Gasteiger partial charge is 0.274 e. The summed E-state index contributed by atoms with van der Waals surface area (Å²) >= 11 is 0. The number of carbonyl (C=O) groups is 2. The predicted molar refractivity (Wildman–Crippen MR) is 84.1 cm³/mol. The summed E-state index contributed by atoms with van der Waals surface area (Å²) in [7, 11) is 4.61. The summed E-state index contributed by atoms with van der Waals surface area (Å²) in [5, 5.41) is 2.36. The standard InChI is InChI=1S/C16H16FN3O3/c1-19(2)15(22)10-8-13(16(23)20(3)9-10)18-14(21)11-6-4-5-7-12(11)17/h4-9H,1-3H3,(H,18,21). The van der Waals surface area contributed by atoms with Gasteiger partial charge < -0.3 is 14.8 Å². The Morgan fingerprint density at radius 1 is 1.22 bits per heavy atom. The minimum atomic E-state index is -0.755. The van der Waals surface area contributed by atoms with E-state index < -0.39 is 17.3 Å². The van der Waals surface area contributed by atoms with Gasteiger partial charge in [0.25, 0.3) is 17.4 Å². The minimum absolute atomic E-state index is 0.0894. The van der Waals surface area contributed by atoms with Crippen LogP contribution in [0.2, 0.25) is 0 Å². The van der Waals surface area contributed by atoms with Crippen LogP contribution in [0.25, 0.3) is 0 Å². The van der Waals surface area contributed by atoms with E-state index in [1.165, 1.54) is 47.0 Å². The van der Waals surface area contributed by atoms with Crippen LogP contribution >= 0.6 is 0 Å². The van der Waals surface area contributed by atoms with Crippen LogP contribution in [0.15, 0.2) is 41.3 Å². The molecule has 1 aromatic carbocycles. The van der Waals surface area contributed by atoms with Gasteiger partial charge >= 0.3 is 0 Å². The Balaban J connectivity index is 2.40. The van der Waals surface area contributed by atoms with Crippen molar-refractivity contribution in [2.75, 3.05) is 19.4 Å². The van der Waals surface area contributed by atoms with Crippen molar-refractivity contribution in [2.45, 2.75) is 0 Å². The third-order valence-corrected chi connectivity index (χ3v) is 3.20. The van der Waals surface area contributed by atoms with Gasteiger partial charge in [-0.25, -0.2) is 4.39 Å². The lowest BCUT2D eigenvalue weighted by Crippen LogP contribution is -2.28. The molecule has 0 fully saturated rings. The molecule has 0 radical (unpaired) electrons. The van der Waals surface area contributed by atoms with E-state index in [0.29, 0.717) is 0 Å². The van der Waals surface area contributed by atoms with Crippen molar-refractivity contribution in [1.29, 1.82) is 0 Å². The third kappa shape index (κ3) is 3.45. The molecule has 0 aliphatic rings. The highest BCUT2D eigenvalue weighted by atomic mass is 19.1. The van der Waals surface area contributed by atoms with Crippen LogP contribution in [0.1, 0.15) is 20.7 Å². The Morgan fingerprint density at radius 3 is 2.48 bits per heavy atom. The van der Waals surface area contributed by atoms with Gasteiger partial charge in [0.15, 0.2) is 0 Å². The maximum Gasteiger partial charge on any atom is 0.274 e. The molecule has 0 saturated carbocycles. The Bertz CT molecular complexity index is 828. The summed E-state index contributed by atoms with van der Waals surface area (Å²) < 4.78 is 14.8. The lowest BCUT2D eigenvalue weighted by atomic mass is 10.2. The number of benzene rings is 1. The van der Waals surface area contributed by atoms with Crippen molar-refractivity contribution in [1.82, 2.24) is 9.47 Å². The Kier molecular flexibility index (Phi) is 4.59. The molecule has 1 heterocycles. The molecule has 2 amide bonds. The Morgan fingerprint density at radius 2 is 1.87 bits per heavy atom. The van der Waals surface area contributed by atoms with Gasteiger partial charge in [0, 0.05) is 27.3 Å². The first-order chi connectivity index (χ1) is 10.8. The largest absolute Gasteiger partial charge is 0.345 e. The summed E-state index contributed by atoms with van der Waals surface area (Å²) in [4.78, 5) is 37.6. The maximum absolute atomic E-state index is 13.6. The molecule has 1 aromatic heterocycles. The molecule has 2 rings (SSSR count). The van der Waals surface area contributed by atoms with Crippen molar-refractivity contribution < 1.29 is 14.0 Å². The number of carbonyl (C=O) groups excluding carboxylic acids is 2. The summed E-state index contributed by atoms with van der Waals surface area (Å²) in [6, 6.07) is 6.72. The van der Waals surface area contributed by atoms with Gasteiger partial charge in [-0.3, -0.25) is 14.4 Å². The fourth-order valence-corrected chi connectivity index (χ4v) is 2.01. The number of rotatable bonds is 3. The van der Waals surface area contributed by atoms with E-state index in [4.69, 9.17) is 0 Å². The van der Waals surface area contributed by atoms with Crippen LogP contribution in [-0.2, 0) is 7.05 Å². The molecule has 0 unspecified atom stereocenters. The SMILES string of the molecule is CN(C)C(=O)c1cc(NC(=O)c2ccccc2F)c(=O)n(C)c1. The quantitative estimate of drug-likeness (QED) is 0.932. The first kappa shape index (κ1) is 16.4. The van der Waals surface area contributed by atoms with Crippen LogP contribution in [-0.4, -0.2) is 35.4 Å². The van der Waals surface area contributed by atoms with Crippen molar-refractivity contribution in [2.24, 2.45) is 7.05 Å². The monoisotopic (exact) mass is 317 g/mol. The normalized spacial score (nSPS) is 10.3. The fourth-order valence-electron chi connectivity index (χ4n) is 2.01. The topological polar surface area (TPSA) is 71.4 Å². The van der Waals surface area contributed by atoms with Crippen LogP contribution < -0.4 is 10.9 Å². The number of nitrogens with one attached hydrogen (secondary N) is 1. The molecular formula is C16H16FN3O3. The van der Waals surface area contributed by atoms with E-state index in [2.05, 4.69) is 5.32 Å². The van der Waals surface area contributed by atoms with Crippen molar-refractivity contribution in [3.63, 3.8) is 0 Å². The molecule has 0 bridgehead atoms. The number of amides is 2. The maximum atomic E-state index is 13.6. The number of halogens is 1. The van der Waals surface area contributed by atoms with E-state index in [-0.39, 0.29) is 22.7 Å². The summed E-state index contributed by atoms with van der Waals surface area (Å²) in [6.45, 7) is 0. The van der Waals surface area contributed by atoms with Crippen LogP contribution in [0.3, 0.4) is 0 Å². The zero-order valence-corrected chi connectivity index (χ0v) is 13.0. The van der Waals surface area contributed by atoms with Crippen molar-refractivity contribution >= 4 is 17.5 Å². The number of hydrogen-bond donors (Lipinski definition) is 1. The van der Waals surface area contributed by atoms with E-state index >= 15 is 0 Å². The van der Waals surface area contributed by atoms with Gasteiger partial charge in [-0.15, -0.1) is 0 Å². The summed E-state index contributed by atoms with van der Waals surface area (Å²) in [5.74, 6) is -1.76. The van der Waals surface area contributed by atoms with Crippen molar-refractivity contribution in [3.05, 3.63) is 63.8 Å². The molecule has 0 aliphatic carbocycles. The van der Waals surface area contributed by atoms with Gasteiger partial charge in [-0.05, 0) is 18.2 Å². The lowest BCUT2D eigenvalue weighted by Gasteiger charge is -2.13. The van der Waals surface area contributed by atoms with Gasteiger partial charge in [0.2, 0.25) is 0 Å². The molecule has 6 nitrogen and oxygen atoms in total. The Hall–Kier alpha value is -2.96. The molecule has 0 atom stereocenters. The van der Waals surface area contributed by atoms with Crippen molar-refractivity contribution in [3.8, 4) is 0 Å². The zero-order valence-electron chi connectivity index (χ0n) is 13.0. The molecule has 2 aromatic rings. The number of nitrogens with zero attached hydrogens (tertiary/aromatic N) is 2. The molecule has 0 aliphatic heterocycles. The lowest BCUT2D eigenvalue weighted by molar-refractivity contribution is 0.0826. The van der Waals surface area contributed by atoms with E-state index in [1.54, 1.807) is 14.1 Å². The zero-order chi connectivity index (χ0) is 17.1. The number of pyridine rings is 1. The summed E-state index contributed by atoms with van der Waals surface area (Å²) in [5.41, 5.74) is -0.529. The second-order valence-corrected chi connectivity index (χ2v) is 5.19. The molecule has 0 saturated heterocycles. The predicted octanol–water partition coefficient (Wildman–Crippen LogP) is 1.48. The highest BCUT2D eigenvalue weighted by Gasteiger charge is 2.16. The Labute approximate surface area is 132 Å². The number of aromatic nitrogens is 1. The molecule has 120 valence electrons. The minimum Gasteiger partial charge on any atom is -0.345 e. The molecule has 1 N–H and O–H groups in total. The first-order valence-electron chi connectivity index (χ1n) is 6.79. The second kappa shape index (κ2) is 6.43. The number of aryl methyl sites for hydroxylation is 1. The second-order valence-electron chi connectivity index (χ2n) is 5.19. The molecule has 23 heavy (non-hydrogen) atoms. The number of anilines is 1. The van der Waals surface area contributed by atoms with Gasteiger partial charge in [0.05, 0.1) is 11.1 Å². The van der Waals surface area contributed by atoms with Crippen LogP contribution in [0, 0.1) is 5.82 Å². The molecular weight excluding hydrogens is 301 g/mol. The van der Waals surface area contributed by atoms with E-state index in [1.807, 2.05) is 0 Å². The fraction of sp³-hybridized carbons (Fsp3) is 0.188. The average Bonchev–Trinajstić information content (AvgIpc) is 2.51. The average molecular weight is 317 g/mol.